The van der Waals surface area contributed by atoms with Crippen molar-refractivity contribution in [1.29, 1.82) is 0 Å². The van der Waals surface area contributed by atoms with E-state index in [1.54, 1.807) is 6.07 Å². The van der Waals surface area contributed by atoms with Crippen LogP contribution in [0.3, 0.4) is 0 Å². The van der Waals surface area contributed by atoms with Crippen LogP contribution in [-0.2, 0) is 16.0 Å². The van der Waals surface area contributed by atoms with Crippen LogP contribution in [0.2, 0.25) is 0 Å². The number of carbonyl (C=O) groups is 2. The lowest BCUT2D eigenvalue weighted by Gasteiger charge is -2.07. The van der Waals surface area contributed by atoms with E-state index in [1.807, 2.05) is 6.92 Å². The van der Waals surface area contributed by atoms with Crippen molar-refractivity contribution in [3.8, 4) is 11.1 Å². The Labute approximate surface area is 132 Å². The number of hydrogen-bond acceptors (Lipinski definition) is 5. The molecule has 0 aliphatic rings. The van der Waals surface area contributed by atoms with Crippen LogP contribution >= 0.6 is 0 Å². The molecular weight excluding hydrogens is 303 g/mol. The average molecular weight is 320 g/mol. The average Bonchev–Trinajstić information content (AvgIpc) is 3.02. The summed E-state index contributed by atoms with van der Waals surface area (Å²) in [5.74, 6) is -0.817. The highest BCUT2D eigenvalue weighted by molar-refractivity contribution is 5.95. The number of amides is 1. The third-order valence-electron chi connectivity index (χ3n) is 3.28. The van der Waals surface area contributed by atoms with Gasteiger partial charge in [-0.3, -0.25) is 9.59 Å². The van der Waals surface area contributed by atoms with Gasteiger partial charge in [-0.2, -0.15) is 0 Å². The summed E-state index contributed by atoms with van der Waals surface area (Å²) in [7, 11) is 1.27. The quantitative estimate of drug-likeness (QED) is 0.826. The van der Waals surface area contributed by atoms with E-state index in [4.69, 9.17) is 4.52 Å². The minimum Gasteiger partial charge on any atom is -0.469 e. The van der Waals surface area contributed by atoms with Gasteiger partial charge in [0.15, 0.2) is 0 Å². The molecule has 0 aliphatic heterocycles. The second-order valence-electron chi connectivity index (χ2n) is 4.83. The number of carbonyl (C=O) groups excluding carboxylic acids is 2. The molecular formula is C16H17FN2O4. The number of nitrogens with one attached hydrogen (secondary N) is 1. The number of ether oxygens (including phenoxy) is 1. The van der Waals surface area contributed by atoms with Crippen LogP contribution in [0.25, 0.3) is 11.1 Å². The SMILES string of the molecule is CCc1oncc1-c1cc(F)cc(C(=O)NCCC(=O)OC)c1. The van der Waals surface area contributed by atoms with Crippen molar-refractivity contribution in [3.05, 3.63) is 41.5 Å². The van der Waals surface area contributed by atoms with Crippen molar-refractivity contribution >= 4 is 11.9 Å². The molecule has 1 aromatic carbocycles. The summed E-state index contributed by atoms with van der Waals surface area (Å²) in [6, 6.07) is 4.01. The third kappa shape index (κ3) is 4.15. The van der Waals surface area contributed by atoms with Crippen LogP contribution < -0.4 is 5.32 Å². The fourth-order valence-corrected chi connectivity index (χ4v) is 2.11. The van der Waals surface area contributed by atoms with Gasteiger partial charge in [-0.05, 0) is 23.8 Å². The molecule has 2 rings (SSSR count). The molecule has 0 atom stereocenters. The first-order valence-corrected chi connectivity index (χ1v) is 7.14. The third-order valence-corrected chi connectivity index (χ3v) is 3.28. The lowest BCUT2D eigenvalue weighted by molar-refractivity contribution is -0.140. The predicted octanol–water partition coefficient (Wildman–Crippen LogP) is 2.34. The minimum absolute atomic E-state index is 0.0516. The van der Waals surface area contributed by atoms with E-state index >= 15 is 0 Å². The van der Waals surface area contributed by atoms with Crippen molar-refractivity contribution in [1.82, 2.24) is 10.5 Å². The van der Waals surface area contributed by atoms with E-state index in [-0.39, 0.29) is 18.5 Å². The molecule has 6 nitrogen and oxygen atoms in total. The Kier molecular flexibility index (Phi) is 5.46. The van der Waals surface area contributed by atoms with Gasteiger partial charge in [0.1, 0.15) is 11.6 Å². The van der Waals surface area contributed by atoms with E-state index in [1.165, 1.54) is 19.4 Å². The lowest BCUT2D eigenvalue weighted by atomic mass is 10.0. The van der Waals surface area contributed by atoms with Gasteiger partial charge in [-0.1, -0.05) is 12.1 Å². The van der Waals surface area contributed by atoms with Crippen molar-refractivity contribution in [2.75, 3.05) is 13.7 Å². The molecule has 1 amide bonds. The van der Waals surface area contributed by atoms with Gasteiger partial charge in [0.2, 0.25) is 0 Å². The summed E-state index contributed by atoms with van der Waals surface area (Å²) in [5, 5.41) is 6.25. The summed E-state index contributed by atoms with van der Waals surface area (Å²) in [4.78, 5) is 23.1. The number of aryl methyl sites for hydroxylation is 1. The molecule has 1 heterocycles. The molecule has 1 aromatic heterocycles. The highest BCUT2D eigenvalue weighted by atomic mass is 19.1. The Hall–Kier alpha value is -2.70. The predicted molar refractivity (Wildman–Crippen MR) is 80.2 cm³/mol. The Morgan fingerprint density at radius 1 is 1.35 bits per heavy atom. The number of benzene rings is 1. The first-order valence-electron chi connectivity index (χ1n) is 7.14. The molecule has 0 radical (unpaired) electrons. The largest absolute Gasteiger partial charge is 0.469 e. The van der Waals surface area contributed by atoms with Crippen LogP contribution in [0.4, 0.5) is 4.39 Å². The van der Waals surface area contributed by atoms with Crippen molar-refractivity contribution in [2.45, 2.75) is 19.8 Å². The van der Waals surface area contributed by atoms with Crippen LogP contribution in [0, 0.1) is 5.82 Å². The Bertz CT molecular complexity index is 712. The van der Waals surface area contributed by atoms with E-state index < -0.39 is 17.7 Å². The normalized spacial score (nSPS) is 10.4. The number of nitrogens with zero attached hydrogens (tertiary/aromatic N) is 1. The standard InChI is InChI=1S/C16H17FN2O4/c1-3-14-13(9-19-23-14)10-6-11(8-12(17)7-10)16(21)18-5-4-15(20)22-2/h6-9H,3-5H2,1-2H3,(H,18,21). The second-order valence-corrected chi connectivity index (χ2v) is 4.83. The van der Waals surface area contributed by atoms with Gasteiger partial charge in [-0.15, -0.1) is 0 Å². The zero-order chi connectivity index (χ0) is 16.8. The van der Waals surface area contributed by atoms with E-state index in [0.29, 0.717) is 23.3 Å². The Balaban J connectivity index is 2.17. The van der Waals surface area contributed by atoms with Crippen LogP contribution in [0.1, 0.15) is 29.5 Å². The van der Waals surface area contributed by atoms with Crippen molar-refractivity contribution in [3.63, 3.8) is 0 Å². The molecule has 0 unspecified atom stereocenters. The van der Waals surface area contributed by atoms with E-state index in [2.05, 4.69) is 15.2 Å². The number of esters is 1. The van der Waals surface area contributed by atoms with Crippen LogP contribution in [0.5, 0.6) is 0 Å². The molecule has 1 N–H and O–H groups in total. The van der Waals surface area contributed by atoms with Gasteiger partial charge in [0, 0.05) is 24.1 Å². The molecule has 23 heavy (non-hydrogen) atoms. The molecule has 0 spiro atoms. The molecule has 0 aliphatic carbocycles. The Morgan fingerprint density at radius 2 is 2.13 bits per heavy atom. The zero-order valence-electron chi connectivity index (χ0n) is 12.9. The highest BCUT2D eigenvalue weighted by Gasteiger charge is 2.14. The molecule has 0 bridgehead atoms. The van der Waals surface area contributed by atoms with Gasteiger partial charge < -0.3 is 14.6 Å². The van der Waals surface area contributed by atoms with Crippen molar-refractivity contribution in [2.24, 2.45) is 0 Å². The van der Waals surface area contributed by atoms with Gasteiger partial charge in [0.05, 0.1) is 19.7 Å². The maximum Gasteiger partial charge on any atom is 0.307 e. The molecule has 122 valence electrons. The topological polar surface area (TPSA) is 81.4 Å². The number of halogens is 1. The molecule has 7 heteroatoms. The fourth-order valence-electron chi connectivity index (χ4n) is 2.11. The van der Waals surface area contributed by atoms with Crippen LogP contribution in [-0.4, -0.2) is 30.7 Å². The maximum absolute atomic E-state index is 13.8. The summed E-state index contributed by atoms with van der Waals surface area (Å²) in [6.45, 7) is 2.01. The van der Waals surface area contributed by atoms with Gasteiger partial charge in [0.25, 0.3) is 5.91 Å². The number of hydrogen-bond donors (Lipinski definition) is 1. The minimum atomic E-state index is -0.538. The zero-order valence-corrected chi connectivity index (χ0v) is 12.9. The summed E-state index contributed by atoms with van der Waals surface area (Å²) in [6.07, 6.45) is 2.15. The lowest BCUT2D eigenvalue weighted by Crippen LogP contribution is -2.26. The summed E-state index contributed by atoms with van der Waals surface area (Å²) in [5.41, 5.74) is 1.32. The maximum atomic E-state index is 13.8. The first-order chi connectivity index (χ1) is 11.0. The molecule has 2 aromatic rings. The highest BCUT2D eigenvalue weighted by Crippen LogP contribution is 2.26. The molecule has 0 fully saturated rings. The van der Waals surface area contributed by atoms with Gasteiger partial charge in [-0.25, -0.2) is 4.39 Å². The van der Waals surface area contributed by atoms with Crippen LogP contribution in [0.15, 0.2) is 28.9 Å². The summed E-state index contributed by atoms with van der Waals surface area (Å²) < 4.78 is 23.4. The van der Waals surface area contributed by atoms with Crippen molar-refractivity contribution < 1.29 is 23.2 Å². The smallest absolute Gasteiger partial charge is 0.307 e. The summed E-state index contributed by atoms with van der Waals surface area (Å²) >= 11 is 0. The first kappa shape index (κ1) is 16.7. The van der Waals surface area contributed by atoms with E-state index in [9.17, 15) is 14.0 Å². The monoisotopic (exact) mass is 320 g/mol. The van der Waals surface area contributed by atoms with E-state index in [0.717, 1.165) is 6.07 Å². The fraction of sp³-hybridized carbons (Fsp3) is 0.312. The molecule has 0 saturated carbocycles. The number of aromatic nitrogens is 1. The molecule has 0 saturated heterocycles. The Morgan fingerprint density at radius 3 is 2.83 bits per heavy atom. The second kappa shape index (κ2) is 7.53. The van der Waals surface area contributed by atoms with Gasteiger partial charge >= 0.3 is 5.97 Å². The number of rotatable bonds is 6. The number of methoxy groups -OCH3 is 1.